The van der Waals surface area contributed by atoms with Gasteiger partial charge in [-0.15, -0.1) is 0 Å². The van der Waals surface area contributed by atoms with E-state index in [4.69, 9.17) is 11.6 Å². The maximum Gasteiger partial charge on any atom is 0.0990 e. The summed E-state index contributed by atoms with van der Waals surface area (Å²) in [7, 11) is 0. The molecule has 1 N–H and O–H groups in total. The van der Waals surface area contributed by atoms with E-state index in [9.17, 15) is 10.4 Å². The molecule has 1 aromatic carbocycles. The normalized spacial score (nSPS) is 19.9. The quantitative estimate of drug-likeness (QED) is 0.888. The maximum absolute atomic E-state index is 10.4. The van der Waals surface area contributed by atoms with E-state index in [1.165, 1.54) is 0 Å². The molecule has 1 aliphatic rings. The first-order valence-electron chi connectivity index (χ1n) is 5.63. The van der Waals surface area contributed by atoms with Crippen LogP contribution >= 0.6 is 27.5 Å². The molecular weight excluding hydrogens is 302 g/mol. The van der Waals surface area contributed by atoms with Gasteiger partial charge in [0.2, 0.25) is 0 Å². The van der Waals surface area contributed by atoms with Crippen molar-refractivity contribution < 1.29 is 5.11 Å². The van der Waals surface area contributed by atoms with E-state index in [0.717, 1.165) is 30.2 Å². The summed E-state index contributed by atoms with van der Waals surface area (Å²) >= 11 is 9.45. The highest BCUT2D eigenvalue weighted by molar-refractivity contribution is 9.10. The Morgan fingerprint density at radius 1 is 1.41 bits per heavy atom. The minimum Gasteiger partial charge on any atom is -0.387 e. The second kappa shape index (κ2) is 4.97. The predicted molar refractivity (Wildman–Crippen MR) is 70.6 cm³/mol. The van der Waals surface area contributed by atoms with Gasteiger partial charge in [0.15, 0.2) is 0 Å². The molecule has 17 heavy (non-hydrogen) atoms. The van der Waals surface area contributed by atoms with Crippen LogP contribution in [-0.4, -0.2) is 5.11 Å². The van der Waals surface area contributed by atoms with Crippen molar-refractivity contribution in [2.75, 3.05) is 0 Å². The van der Waals surface area contributed by atoms with Crippen molar-refractivity contribution >= 4 is 27.5 Å². The van der Waals surface area contributed by atoms with Crippen LogP contribution in [0.4, 0.5) is 0 Å². The molecule has 1 aromatic rings. The van der Waals surface area contributed by atoms with Crippen LogP contribution in [0.5, 0.6) is 0 Å². The number of benzene rings is 1. The average Bonchev–Trinajstić information content (AvgIpc) is 2.78. The number of nitriles is 1. The van der Waals surface area contributed by atoms with Gasteiger partial charge in [-0.3, -0.25) is 0 Å². The predicted octanol–water partition coefficient (Wildman–Crippen LogP) is 4.22. The zero-order valence-corrected chi connectivity index (χ0v) is 11.6. The van der Waals surface area contributed by atoms with Crippen molar-refractivity contribution in [3.8, 4) is 6.07 Å². The van der Waals surface area contributed by atoms with Gasteiger partial charge >= 0.3 is 0 Å². The van der Waals surface area contributed by atoms with E-state index in [1.807, 2.05) is 6.07 Å². The number of hydrogen-bond donors (Lipinski definition) is 1. The molecule has 0 bridgehead atoms. The zero-order chi connectivity index (χ0) is 12.5. The fourth-order valence-corrected chi connectivity index (χ4v) is 3.25. The number of halogens is 2. The molecule has 1 fully saturated rings. The van der Waals surface area contributed by atoms with Gasteiger partial charge < -0.3 is 5.11 Å². The molecule has 2 nitrogen and oxygen atoms in total. The molecule has 0 spiro atoms. The van der Waals surface area contributed by atoms with Crippen LogP contribution in [0, 0.1) is 16.7 Å². The van der Waals surface area contributed by atoms with E-state index in [2.05, 4.69) is 22.0 Å². The van der Waals surface area contributed by atoms with Gasteiger partial charge in [-0.25, -0.2) is 0 Å². The SMILES string of the molecule is N#CC1(C(O)c2ccc(Br)cc2Cl)CCCC1. The highest BCUT2D eigenvalue weighted by atomic mass is 79.9. The number of hydrogen-bond acceptors (Lipinski definition) is 2. The maximum atomic E-state index is 10.4. The van der Waals surface area contributed by atoms with E-state index < -0.39 is 11.5 Å². The number of nitrogens with zero attached hydrogens (tertiary/aromatic N) is 1. The highest BCUT2D eigenvalue weighted by Gasteiger charge is 2.42. The topological polar surface area (TPSA) is 44.0 Å². The molecule has 4 heteroatoms. The lowest BCUT2D eigenvalue weighted by Gasteiger charge is -2.27. The van der Waals surface area contributed by atoms with Gasteiger partial charge in [0, 0.05) is 15.1 Å². The first-order valence-corrected chi connectivity index (χ1v) is 6.80. The first-order chi connectivity index (χ1) is 8.09. The summed E-state index contributed by atoms with van der Waals surface area (Å²) in [6.45, 7) is 0. The Hall–Kier alpha value is -0.560. The van der Waals surface area contributed by atoms with Gasteiger partial charge in [-0.05, 0) is 25.0 Å². The van der Waals surface area contributed by atoms with E-state index in [1.54, 1.807) is 12.1 Å². The standard InChI is InChI=1S/C13H13BrClNO/c14-9-3-4-10(11(15)7-9)12(17)13(8-16)5-1-2-6-13/h3-4,7,12,17H,1-2,5-6H2. The third-order valence-electron chi connectivity index (χ3n) is 3.50. The number of aliphatic hydroxyl groups is 1. The van der Waals surface area contributed by atoms with Crippen molar-refractivity contribution in [1.82, 2.24) is 0 Å². The molecule has 0 heterocycles. The molecule has 0 radical (unpaired) electrons. The first kappa shape index (κ1) is 12.9. The lowest BCUT2D eigenvalue weighted by Crippen LogP contribution is -2.24. The Balaban J connectivity index is 2.36. The van der Waals surface area contributed by atoms with E-state index in [-0.39, 0.29) is 0 Å². The number of rotatable bonds is 2. The third kappa shape index (κ3) is 2.35. The Morgan fingerprint density at radius 3 is 2.59 bits per heavy atom. The van der Waals surface area contributed by atoms with Crippen LogP contribution < -0.4 is 0 Å². The van der Waals surface area contributed by atoms with Crippen molar-refractivity contribution in [1.29, 1.82) is 5.26 Å². The summed E-state index contributed by atoms with van der Waals surface area (Å²) in [6, 6.07) is 7.67. The van der Waals surface area contributed by atoms with Gasteiger partial charge in [0.1, 0.15) is 0 Å². The lowest BCUT2D eigenvalue weighted by molar-refractivity contribution is 0.0672. The largest absolute Gasteiger partial charge is 0.387 e. The Morgan fingerprint density at radius 2 is 2.06 bits per heavy atom. The second-order valence-corrected chi connectivity index (χ2v) is 5.87. The molecule has 1 unspecified atom stereocenters. The van der Waals surface area contributed by atoms with Crippen molar-refractivity contribution in [3.63, 3.8) is 0 Å². The van der Waals surface area contributed by atoms with Crippen molar-refractivity contribution in [2.45, 2.75) is 31.8 Å². The minimum atomic E-state index is -0.796. The fourth-order valence-electron chi connectivity index (χ4n) is 2.47. The average molecular weight is 315 g/mol. The van der Waals surface area contributed by atoms with Crippen LogP contribution in [-0.2, 0) is 0 Å². The van der Waals surface area contributed by atoms with E-state index in [0.29, 0.717) is 10.6 Å². The second-order valence-electron chi connectivity index (χ2n) is 4.54. The Bertz CT molecular complexity index is 463. The fraction of sp³-hybridized carbons (Fsp3) is 0.462. The molecule has 1 saturated carbocycles. The van der Waals surface area contributed by atoms with Crippen LogP contribution in [0.25, 0.3) is 0 Å². The molecule has 1 atom stereocenters. The van der Waals surface area contributed by atoms with Gasteiger partial charge in [-0.2, -0.15) is 5.26 Å². The summed E-state index contributed by atoms with van der Waals surface area (Å²) in [5.41, 5.74) is -0.00407. The monoisotopic (exact) mass is 313 g/mol. The van der Waals surface area contributed by atoms with Crippen LogP contribution in [0.3, 0.4) is 0 Å². The van der Waals surface area contributed by atoms with Crippen molar-refractivity contribution in [3.05, 3.63) is 33.3 Å². The smallest absolute Gasteiger partial charge is 0.0990 e. The van der Waals surface area contributed by atoms with Crippen molar-refractivity contribution in [2.24, 2.45) is 5.41 Å². The minimum absolute atomic E-state index is 0.508. The Labute approximate surface area is 114 Å². The summed E-state index contributed by atoms with van der Waals surface area (Å²) in [5.74, 6) is 0. The Kier molecular flexibility index (Phi) is 3.77. The summed E-state index contributed by atoms with van der Waals surface area (Å²) in [6.07, 6.45) is 2.70. The van der Waals surface area contributed by atoms with Gasteiger partial charge in [-0.1, -0.05) is 46.4 Å². The van der Waals surface area contributed by atoms with E-state index >= 15 is 0 Å². The molecule has 1 aliphatic carbocycles. The lowest BCUT2D eigenvalue weighted by atomic mass is 9.79. The highest BCUT2D eigenvalue weighted by Crippen LogP contribution is 2.48. The third-order valence-corrected chi connectivity index (χ3v) is 4.32. The molecule has 90 valence electrons. The van der Waals surface area contributed by atoms with Gasteiger partial charge in [0.05, 0.1) is 17.6 Å². The molecule has 0 aliphatic heterocycles. The summed E-state index contributed by atoms with van der Waals surface area (Å²) < 4.78 is 0.871. The zero-order valence-electron chi connectivity index (χ0n) is 9.29. The summed E-state index contributed by atoms with van der Waals surface area (Å²) in [5, 5.41) is 20.3. The summed E-state index contributed by atoms with van der Waals surface area (Å²) in [4.78, 5) is 0. The number of aliphatic hydroxyl groups excluding tert-OH is 1. The molecule has 0 amide bonds. The van der Waals surface area contributed by atoms with Gasteiger partial charge in [0.25, 0.3) is 0 Å². The molecular formula is C13H13BrClNO. The van der Waals surface area contributed by atoms with Crippen LogP contribution in [0.1, 0.15) is 37.4 Å². The van der Waals surface area contributed by atoms with Crippen LogP contribution in [0.2, 0.25) is 5.02 Å². The van der Waals surface area contributed by atoms with Crippen LogP contribution in [0.15, 0.2) is 22.7 Å². The molecule has 0 saturated heterocycles. The molecule has 0 aromatic heterocycles. The molecule has 2 rings (SSSR count).